The van der Waals surface area contributed by atoms with Crippen LogP contribution in [0.2, 0.25) is 0 Å². The Morgan fingerprint density at radius 3 is 2.56 bits per heavy atom. The predicted octanol–water partition coefficient (Wildman–Crippen LogP) is -1.64. The monoisotopic (exact) mass is 109 g/mol. The molecule has 1 rings (SSSR count). The van der Waals surface area contributed by atoms with E-state index in [0.717, 1.165) is 0 Å². The maximum absolute atomic E-state index is 8.26. The molecule has 1 aromatic carbocycles. The van der Waals surface area contributed by atoms with Crippen LogP contribution in [0, 0.1) is 17.4 Å². The van der Waals surface area contributed by atoms with Crippen LogP contribution in [-0.2, 0) is 0 Å². The molecule has 9 heavy (non-hydrogen) atoms. The maximum Gasteiger partial charge on any atom is 1.00 e. The number of hydrogen-bond donors (Lipinski definition) is 0. The average molecular weight is 109 g/mol. The molecule has 0 aliphatic carbocycles. The number of benzene rings is 1. The molecule has 0 amide bonds. The van der Waals surface area contributed by atoms with E-state index < -0.39 is 0 Å². The summed E-state index contributed by atoms with van der Waals surface area (Å²) in [6.07, 6.45) is 0. The van der Waals surface area contributed by atoms with E-state index in [1.807, 2.05) is 18.2 Å². The predicted molar refractivity (Wildman–Crippen MR) is 30.0 cm³/mol. The quantitative estimate of drug-likeness (QED) is 0.289. The summed E-state index contributed by atoms with van der Waals surface area (Å²) < 4.78 is 0. The van der Waals surface area contributed by atoms with Gasteiger partial charge in [-0.1, -0.05) is 5.56 Å². The van der Waals surface area contributed by atoms with Crippen molar-refractivity contribution < 1.29 is 18.9 Å². The van der Waals surface area contributed by atoms with Crippen molar-refractivity contribution in [3.05, 3.63) is 35.9 Å². The summed E-state index contributed by atoms with van der Waals surface area (Å²) in [6, 6.07) is 11.8. The van der Waals surface area contributed by atoms with Crippen LogP contribution >= 0.6 is 0 Å². The first-order valence-corrected chi connectivity index (χ1v) is 2.30. The van der Waals surface area contributed by atoms with Crippen LogP contribution in [-0.4, -0.2) is 0 Å². The molecule has 0 bridgehead atoms. The van der Waals surface area contributed by atoms with E-state index in [1.165, 1.54) is 0 Å². The van der Waals surface area contributed by atoms with Crippen LogP contribution in [0.3, 0.4) is 0 Å². The van der Waals surface area contributed by atoms with Crippen LogP contribution in [0.1, 0.15) is 5.56 Å². The smallest absolute Gasteiger partial charge is 0.262 e. The van der Waals surface area contributed by atoms with Gasteiger partial charge in [0.2, 0.25) is 0 Å². The molecule has 0 heterocycles. The first kappa shape index (κ1) is 8.31. The zero-order valence-corrected chi connectivity index (χ0v) is 5.26. The molecule has 0 spiro atoms. The fourth-order valence-corrected chi connectivity index (χ4v) is 0.463. The van der Waals surface area contributed by atoms with Crippen molar-refractivity contribution in [3.63, 3.8) is 0 Å². The van der Waals surface area contributed by atoms with Crippen molar-refractivity contribution in [2.45, 2.75) is 0 Å². The third-order valence-corrected chi connectivity index (χ3v) is 0.830. The van der Waals surface area contributed by atoms with Crippen molar-refractivity contribution in [2.24, 2.45) is 0 Å². The topological polar surface area (TPSA) is 23.8 Å². The van der Waals surface area contributed by atoms with E-state index in [-0.39, 0.29) is 18.9 Å². The van der Waals surface area contributed by atoms with Crippen molar-refractivity contribution in [1.82, 2.24) is 0 Å². The molecular weight excluding hydrogens is 105 g/mol. The zero-order chi connectivity index (χ0) is 5.82. The Morgan fingerprint density at radius 1 is 1.44 bits per heavy atom. The van der Waals surface area contributed by atoms with E-state index in [1.54, 1.807) is 12.1 Å². The summed E-state index contributed by atoms with van der Waals surface area (Å²) in [4.78, 5) is 0. The van der Waals surface area contributed by atoms with Gasteiger partial charge in [0.15, 0.2) is 0 Å². The fourth-order valence-electron chi connectivity index (χ4n) is 0.463. The molecule has 0 saturated heterocycles. The molecule has 0 atom stereocenters. The fraction of sp³-hybridized carbons (Fsp3) is 0. The van der Waals surface area contributed by atoms with Crippen LogP contribution in [0.4, 0.5) is 0 Å². The van der Waals surface area contributed by atoms with Crippen LogP contribution in [0.15, 0.2) is 24.3 Å². The maximum atomic E-state index is 8.26. The molecule has 0 aliphatic rings. The molecule has 0 N–H and O–H groups in total. The number of nitrogens with zero attached hydrogens (tertiary/aromatic N) is 1. The van der Waals surface area contributed by atoms with E-state index in [9.17, 15) is 0 Å². The number of nitriles is 1. The average Bonchev–Trinajstić information content (AvgIpc) is 1.90. The van der Waals surface area contributed by atoms with Crippen molar-refractivity contribution in [2.75, 3.05) is 0 Å². The minimum absolute atomic E-state index is 0. The summed E-state index contributed by atoms with van der Waals surface area (Å²) in [6.45, 7) is 0. The Morgan fingerprint density at radius 2 is 2.22 bits per heavy atom. The van der Waals surface area contributed by atoms with Crippen molar-refractivity contribution in [3.8, 4) is 6.07 Å². The minimum atomic E-state index is 0. The van der Waals surface area contributed by atoms with Crippen LogP contribution in [0.5, 0.6) is 0 Å². The molecule has 0 unspecified atom stereocenters. The van der Waals surface area contributed by atoms with Crippen molar-refractivity contribution >= 4 is 0 Å². The van der Waals surface area contributed by atoms with E-state index in [2.05, 4.69) is 6.07 Å². The summed E-state index contributed by atoms with van der Waals surface area (Å²) in [7, 11) is 0. The van der Waals surface area contributed by atoms with E-state index in [0.29, 0.717) is 5.56 Å². The molecular formula is C7H4LiN. The molecule has 38 valence electrons. The molecule has 1 nitrogen and oxygen atoms in total. The summed E-state index contributed by atoms with van der Waals surface area (Å²) in [5.41, 5.74) is 0.590. The van der Waals surface area contributed by atoms with E-state index in [4.69, 9.17) is 5.26 Å². The van der Waals surface area contributed by atoms with Crippen molar-refractivity contribution in [1.29, 1.82) is 5.26 Å². The third kappa shape index (κ3) is 2.38. The summed E-state index contributed by atoms with van der Waals surface area (Å²) in [5, 5.41) is 8.26. The second-order valence-electron chi connectivity index (χ2n) is 1.39. The van der Waals surface area contributed by atoms with E-state index >= 15 is 0 Å². The second kappa shape index (κ2) is 4.21. The molecule has 0 aromatic heterocycles. The third-order valence-electron chi connectivity index (χ3n) is 0.830. The van der Waals surface area contributed by atoms with Gasteiger partial charge >= 0.3 is 18.9 Å². The summed E-state index contributed by atoms with van der Waals surface area (Å²) >= 11 is 0. The van der Waals surface area contributed by atoms with Gasteiger partial charge in [0, 0.05) is 0 Å². The van der Waals surface area contributed by atoms with Gasteiger partial charge in [-0.3, -0.25) is 5.26 Å². The van der Waals surface area contributed by atoms with Gasteiger partial charge < -0.3 is 0 Å². The Kier molecular flexibility index (Phi) is 3.89. The van der Waals surface area contributed by atoms with Gasteiger partial charge in [-0.05, 0) is 6.07 Å². The van der Waals surface area contributed by atoms with Crippen LogP contribution < -0.4 is 18.9 Å². The zero-order valence-electron chi connectivity index (χ0n) is 5.26. The Labute approximate surface area is 66.5 Å². The van der Waals surface area contributed by atoms with Gasteiger partial charge in [0.05, 0.1) is 0 Å². The molecule has 0 fully saturated rings. The van der Waals surface area contributed by atoms with Gasteiger partial charge in [0.25, 0.3) is 0 Å². The summed E-state index contributed by atoms with van der Waals surface area (Å²) in [5.74, 6) is 0. The number of rotatable bonds is 0. The Bertz CT molecular complexity index is 200. The minimum Gasteiger partial charge on any atom is -0.262 e. The van der Waals surface area contributed by atoms with Gasteiger partial charge in [-0.15, -0.1) is 30.3 Å². The van der Waals surface area contributed by atoms with Gasteiger partial charge in [-0.2, -0.15) is 0 Å². The normalized spacial score (nSPS) is 7.00. The Balaban J connectivity index is 0.000000640. The molecule has 0 aliphatic heterocycles. The molecule has 0 radical (unpaired) electrons. The van der Waals surface area contributed by atoms with Gasteiger partial charge in [-0.25, -0.2) is 0 Å². The molecule has 0 saturated carbocycles. The van der Waals surface area contributed by atoms with Gasteiger partial charge in [0.1, 0.15) is 0 Å². The molecule has 2 heteroatoms. The Hall–Kier alpha value is -0.693. The van der Waals surface area contributed by atoms with Crippen LogP contribution in [0.25, 0.3) is 0 Å². The first-order valence-electron chi connectivity index (χ1n) is 2.30. The molecule has 1 aromatic rings. The standard InChI is InChI=1S/C7H4N.Li/c8-6-7-4-2-1-3-5-7;/h1-4H;/q-1;+1. The largest absolute Gasteiger partial charge is 1.00 e. The first-order chi connectivity index (χ1) is 3.93. The number of hydrogen-bond acceptors (Lipinski definition) is 1. The SMILES string of the molecule is N#Cc1[c-]cccc1.[Li+]. The second-order valence-corrected chi connectivity index (χ2v) is 1.39.